The first-order valence-electron chi connectivity index (χ1n) is 5.97. The van der Waals surface area contributed by atoms with Crippen molar-refractivity contribution in [3.05, 3.63) is 34.9 Å². The molecule has 0 radical (unpaired) electrons. The lowest BCUT2D eigenvalue weighted by Crippen LogP contribution is -2.43. The Morgan fingerprint density at radius 2 is 2.12 bits per heavy atom. The molecule has 0 aromatic heterocycles. The Morgan fingerprint density at radius 3 is 2.81 bits per heavy atom. The lowest BCUT2D eigenvalue weighted by atomic mass is 9.86. The van der Waals surface area contributed by atoms with Gasteiger partial charge in [0.15, 0.2) is 5.78 Å². The maximum atomic E-state index is 12.2. The van der Waals surface area contributed by atoms with Crippen LogP contribution in [0.1, 0.15) is 41.8 Å². The molecule has 0 heterocycles. The number of hydrogen-bond donors (Lipinski definition) is 1. The van der Waals surface area contributed by atoms with E-state index in [1.807, 2.05) is 12.1 Å². The second-order valence-corrected chi connectivity index (χ2v) is 4.94. The lowest BCUT2D eigenvalue weighted by Gasteiger charge is -2.26. The topological polar surface area (TPSA) is 29.1 Å². The molecule has 1 aromatic carbocycles. The fourth-order valence-corrected chi connectivity index (χ4v) is 2.35. The van der Waals surface area contributed by atoms with Crippen LogP contribution in [0, 0.1) is 6.92 Å². The molecule has 1 N–H and O–H groups in total. The number of rotatable bonds is 2. The molecule has 0 saturated carbocycles. The minimum atomic E-state index is 0.00945. The van der Waals surface area contributed by atoms with Crippen LogP contribution >= 0.6 is 0 Å². The molecule has 2 heteroatoms. The Labute approximate surface area is 97.1 Å². The van der Waals surface area contributed by atoms with Crippen LogP contribution in [0.4, 0.5) is 0 Å². The van der Waals surface area contributed by atoms with Crippen molar-refractivity contribution in [3.63, 3.8) is 0 Å². The van der Waals surface area contributed by atoms with Gasteiger partial charge in [-0.3, -0.25) is 4.79 Å². The molecule has 2 nitrogen and oxygen atoms in total. The number of benzene rings is 1. The van der Waals surface area contributed by atoms with Crippen molar-refractivity contribution in [3.8, 4) is 0 Å². The smallest absolute Gasteiger partial charge is 0.180 e. The Hall–Kier alpha value is -1.15. The quantitative estimate of drug-likeness (QED) is 0.824. The fraction of sp³-hybridized carbons (Fsp3) is 0.500. The number of hydrogen-bond acceptors (Lipinski definition) is 2. The van der Waals surface area contributed by atoms with Crippen LogP contribution < -0.4 is 5.32 Å². The van der Waals surface area contributed by atoms with Crippen LogP contribution in [0.25, 0.3) is 0 Å². The monoisotopic (exact) mass is 217 g/mol. The summed E-state index contributed by atoms with van der Waals surface area (Å²) >= 11 is 0. The predicted molar refractivity (Wildman–Crippen MR) is 65.9 cm³/mol. The highest BCUT2D eigenvalue weighted by atomic mass is 16.1. The first kappa shape index (κ1) is 11.3. The van der Waals surface area contributed by atoms with Crippen molar-refractivity contribution in [2.75, 3.05) is 0 Å². The van der Waals surface area contributed by atoms with Gasteiger partial charge in [0.2, 0.25) is 0 Å². The van der Waals surface area contributed by atoms with Gasteiger partial charge in [-0.25, -0.2) is 0 Å². The summed E-state index contributed by atoms with van der Waals surface area (Å²) < 4.78 is 0. The van der Waals surface area contributed by atoms with E-state index in [1.54, 1.807) is 0 Å². The third-order valence-corrected chi connectivity index (χ3v) is 3.08. The molecule has 1 aromatic rings. The normalized spacial score (nSPS) is 20.0. The molecule has 0 saturated heterocycles. The average Bonchev–Trinajstić information content (AvgIpc) is 2.22. The van der Waals surface area contributed by atoms with E-state index in [-0.39, 0.29) is 11.8 Å². The van der Waals surface area contributed by atoms with Crippen LogP contribution in [0.15, 0.2) is 18.2 Å². The standard InChI is InChI=1S/C14H19NO/c1-9(2)15-13-7-5-11-8-10(3)4-6-12(11)14(13)16/h4,6,8-9,13,15H,5,7H2,1-3H3. The highest BCUT2D eigenvalue weighted by Crippen LogP contribution is 2.22. The van der Waals surface area contributed by atoms with Crippen molar-refractivity contribution in [1.29, 1.82) is 0 Å². The van der Waals surface area contributed by atoms with Gasteiger partial charge < -0.3 is 5.32 Å². The fourth-order valence-electron chi connectivity index (χ4n) is 2.35. The minimum absolute atomic E-state index is 0.00945. The van der Waals surface area contributed by atoms with E-state index in [0.717, 1.165) is 18.4 Å². The van der Waals surface area contributed by atoms with E-state index < -0.39 is 0 Å². The minimum Gasteiger partial charge on any atom is -0.305 e. The molecular formula is C14H19NO. The Kier molecular flexibility index (Phi) is 3.10. The lowest BCUT2D eigenvalue weighted by molar-refractivity contribution is 0.0922. The SMILES string of the molecule is Cc1ccc2c(c1)CCC(NC(C)C)C2=O. The molecule has 0 spiro atoms. The number of nitrogens with one attached hydrogen (secondary N) is 1. The molecule has 0 amide bonds. The summed E-state index contributed by atoms with van der Waals surface area (Å²) in [5.74, 6) is 0.259. The van der Waals surface area contributed by atoms with Crippen molar-refractivity contribution >= 4 is 5.78 Å². The third kappa shape index (κ3) is 2.17. The van der Waals surface area contributed by atoms with Gasteiger partial charge in [0.1, 0.15) is 0 Å². The first-order valence-corrected chi connectivity index (χ1v) is 5.97. The largest absolute Gasteiger partial charge is 0.305 e. The maximum Gasteiger partial charge on any atom is 0.180 e. The zero-order valence-electron chi connectivity index (χ0n) is 10.2. The van der Waals surface area contributed by atoms with E-state index in [9.17, 15) is 4.79 Å². The summed E-state index contributed by atoms with van der Waals surface area (Å²) in [5.41, 5.74) is 3.36. The van der Waals surface area contributed by atoms with Crippen LogP contribution in [0.5, 0.6) is 0 Å². The Bertz CT molecular complexity index is 409. The van der Waals surface area contributed by atoms with E-state index in [1.165, 1.54) is 11.1 Å². The zero-order valence-corrected chi connectivity index (χ0v) is 10.2. The number of aryl methyl sites for hydroxylation is 2. The van der Waals surface area contributed by atoms with Crippen molar-refractivity contribution in [2.45, 2.75) is 45.7 Å². The molecule has 1 aliphatic carbocycles. The number of ketones is 1. The van der Waals surface area contributed by atoms with E-state index in [0.29, 0.717) is 6.04 Å². The van der Waals surface area contributed by atoms with Crippen molar-refractivity contribution in [2.24, 2.45) is 0 Å². The summed E-state index contributed by atoms with van der Waals surface area (Å²) in [6.45, 7) is 6.24. The molecule has 0 bridgehead atoms. The average molecular weight is 217 g/mol. The Morgan fingerprint density at radius 1 is 1.38 bits per heavy atom. The van der Waals surface area contributed by atoms with Gasteiger partial charge in [-0.05, 0) is 25.3 Å². The zero-order chi connectivity index (χ0) is 11.7. The van der Waals surface area contributed by atoms with Crippen LogP contribution in [-0.4, -0.2) is 17.9 Å². The van der Waals surface area contributed by atoms with Gasteiger partial charge in [-0.1, -0.05) is 37.6 Å². The van der Waals surface area contributed by atoms with Gasteiger partial charge in [-0.15, -0.1) is 0 Å². The molecule has 1 aliphatic rings. The summed E-state index contributed by atoms with van der Waals surface area (Å²) in [6.07, 6.45) is 1.93. The van der Waals surface area contributed by atoms with Gasteiger partial charge in [0.05, 0.1) is 6.04 Å². The van der Waals surface area contributed by atoms with Gasteiger partial charge in [0, 0.05) is 11.6 Å². The molecule has 0 fully saturated rings. The molecular weight excluding hydrogens is 198 g/mol. The van der Waals surface area contributed by atoms with Gasteiger partial charge in [-0.2, -0.15) is 0 Å². The van der Waals surface area contributed by atoms with E-state index in [4.69, 9.17) is 0 Å². The summed E-state index contributed by atoms with van der Waals surface area (Å²) in [6, 6.07) is 6.50. The van der Waals surface area contributed by atoms with Crippen molar-refractivity contribution < 1.29 is 4.79 Å². The van der Waals surface area contributed by atoms with Gasteiger partial charge >= 0.3 is 0 Å². The second-order valence-electron chi connectivity index (χ2n) is 4.94. The molecule has 86 valence electrons. The predicted octanol–water partition coefficient (Wildman–Crippen LogP) is 2.49. The molecule has 1 atom stereocenters. The van der Waals surface area contributed by atoms with Crippen LogP contribution in [0.3, 0.4) is 0 Å². The molecule has 2 rings (SSSR count). The first-order chi connectivity index (χ1) is 7.58. The number of carbonyl (C=O) groups is 1. The number of Topliss-reactive ketones (excluding diaryl/α,β-unsaturated/α-hetero) is 1. The van der Waals surface area contributed by atoms with Crippen LogP contribution in [0.2, 0.25) is 0 Å². The highest BCUT2D eigenvalue weighted by Gasteiger charge is 2.27. The van der Waals surface area contributed by atoms with E-state index in [2.05, 4.69) is 32.2 Å². The molecule has 1 unspecified atom stereocenters. The Balaban J connectivity index is 2.25. The molecule has 0 aliphatic heterocycles. The van der Waals surface area contributed by atoms with Crippen molar-refractivity contribution in [1.82, 2.24) is 5.32 Å². The summed E-state index contributed by atoms with van der Waals surface area (Å²) in [5, 5.41) is 3.34. The van der Waals surface area contributed by atoms with Gasteiger partial charge in [0.25, 0.3) is 0 Å². The number of carbonyl (C=O) groups excluding carboxylic acids is 1. The highest BCUT2D eigenvalue weighted by molar-refractivity contribution is 6.02. The van der Waals surface area contributed by atoms with Crippen LogP contribution in [-0.2, 0) is 6.42 Å². The van der Waals surface area contributed by atoms with E-state index >= 15 is 0 Å². The summed E-state index contributed by atoms with van der Waals surface area (Å²) in [4.78, 5) is 12.2. The number of fused-ring (bicyclic) bond motifs is 1. The summed E-state index contributed by atoms with van der Waals surface area (Å²) in [7, 11) is 0. The second kappa shape index (κ2) is 4.38. The third-order valence-electron chi connectivity index (χ3n) is 3.08. The molecule has 16 heavy (non-hydrogen) atoms. The maximum absolute atomic E-state index is 12.2.